The van der Waals surface area contributed by atoms with Gasteiger partial charge in [0.15, 0.2) is 4.80 Å². The number of hydrogen-bond donors (Lipinski definition) is 0. The molecule has 0 saturated carbocycles. The Labute approximate surface area is 177 Å². The van der Waals surface area contributed by atoms with Crippen molar-refractivity contribution in [2.45, 2.75) is 19.5 Å². The highest BCUT2D eigenvalue weighted by atomic mass is 35.5. The maximum atomic E-state index is 6.32. The van der Waals surface area contributed by atoms with Crippen molar-refractivity contribution in [2.75, 3.05) is 0 Å². The van der Waals surface area contributed by atoms with E-state index in [1.807, 2.05) is 61.1 Å². The third-order valence-corrected chi connectivity index (χ3v) is 5.80. The molecule has 2 heterocycles. The molecular formula is C21H18Cl2N4S. The fourth-order valence-electron chi connectivity index (χ4n) is 2.96. The lowest BCUT2D eigenvalue weighted by molar-refractivity contribution is 0.559. The SMILES string of the molecule is Clc1ccc(-c2csc(=Nc3ccccc3Cl)n2CCCn2ccnc2)cc1. The molecule has 7 heteroatoms. The van der Waals surface area contributed by atoms with Gasteiger partial charge in [0.2, 0.25) is 0 Å². The van der Waals surface area contributed by atoms with Crippen LogP contribution >= 0.6 is 34.5 Å². The maximum Gasteiger partial charge on any atom is 0.190 e. The number of rotatable bonds is 6. The molecule has 0 bridgehead atoms. The molecule has 0 fully saturated rings. The van der Waals surface area contributed by atoms with Crippen molar-refractivity contribution in [2.24, 2.45) is 4.99 Å². The predicted molar refractivity (Wildman–Crippen MR) is 116 cm³/mol. The van der Waals surface area contributed by atoms with Crippen LogP contribution in [0.2, 0.25) is 10.0 Å². The molecule has 0 spiro atoms. The van der Waals surface area contributed by atoms with Crippen molar-refractivity contribution in [1.29, 1.82) is 0 Å². The second-order valence-electron chi connectivity index (χ2n) is 6.28. The number of imidazole rings is 1. The average Bonchev–Trinajstić information content (AvgIpc) is 3.35. The van der Waals surface area contributed by atoms with Crippen molar-refractivity contribution in [3.63, 3.8) is 0 Å². The molecule has 0 aliphatic heterocycles. The minimum absolute atomic E-state index is 0.647. The number of halogens is 2. The summed E-state index contributed by atoms with van der Waals surface area (Å²) in [6.45, 7) is 1.73. The highest BCUT2D eigenvalue weighted by Crippen LogP contribution is 2.25. The zero-order valence-electron chi connectivity index (χ0n) is 15.0. The summed E-state index contributed by atoms with van der Waals surface area (Å²) in [5, 5.41) is 3.51. The standard InChI is InChI=1S/C21H18Cl2N4S/c22-17-8-6-16(7-9-17)20-14-28-21(25-19-5-2-1-4-18(19)23)27(20)12-3-11-26-13-10-24-15-26/h1-2,4-10,13-15H,3,11-12H2. The van der Waals surface area contributed by atoms with Crippen LogP contribution in [-0.4, -0.2) is 14.1 Å². The summed E-state index contributed by atoms with van der Waals surface area (Å²) >= 11 is 14.0. The van der Waals surface area contributed by atoms with Crippen LogP contribution in [0.5, 0.6) is 0 Å². The van der Waals surface area contributed by atoms with Gasteiger partial charge in [-0.15, -0.1) is 11.3 Å². The monoisotopic (exact) mass is 428 g/mol. The van der Waals surface area contributed by atoms with Crippen molar-refractivity contribution in [3.8, 4) is 11.3 Å². The van der Waals surface area contributed by atoms with Crippen molar-refractivity contribution >= 4 is 40.2 Å². The Bertz CT molecular complexity index is 1110. The van der Waals surface area contributed by atoms with Crippen molar-refractivity contribution in [3.05, 3.63) is 87.5 Å². The molecule has 0 amide bonds. The number of nitrogens with zero attached hydrogens (tertiary/aromatic N) is 4. The van der Waals surface area contributed by atoms with Gasteiger partial charge in [0.25, 0.3) is 0 Å². The first-order valence-electron chi connectivity index (χ1n) is 8.90. The second kappa shape index (κ2) is 8.78. The van der Waals surface area contributed by atoms with Crippen LogP contribution in [-0.2, 0) is 13.1 Å². The lowest BCUT2D eigenvalue weighted by Gasteiger charge is -2.10. The summed E-state index contributed by atoms with van der Waals surface area (Å²) in [7, 11) is 0. The van der Waals surface area contributed by atoms with Gasteiger partial charge in [0.05, 0.1) is 22.7 Å². The lowest BCUT2D eigenvalue weighted by Crippen LogP contribution is -2.17. The van der Waals surface area contributed by atoms with Gasteiger partial charge < -0.3 is 9.13 Å². The van der Waals surface area contributed by atoms with Crippen LogP contribution < -0.4 is 4.80 Å². The molecule has 4 nitrogen and oxygen atoms in total. The van der Waals surface area contributed by atoms with Crippen molar-refractivity contribution in [1.82, 2.24) is 14.1 Å². The highest BCUT2D eigenvalue weighted by molar-refractivity contribution is 7.07. The zero-order chi connectivity index (χ0) is 19.3. The van der Waals surface area contributed by atoms with E-state index in [2.05, 4.69) is 19.5 Å². The van der Waals surface area contributed by atoms with E-state index in [0.29, 0.717) is 5.02 Å². The predicted octanol–water partition coefficient (Wildman–Crippen LogP) is 6.04. The largest absolute Gasteiger partial charge is 0.337 e. The first kappa shape index (κ1) is 19.0. The summed E-state index contributed by atoms with van der Waals surface area (Å²) in [4.78, 5) is 9.85. The van der Waals surface area contributed by atoms with Gasteiger partial charge in [-0.05, 0) is 36.2 Å². The quantitative estimate of drug-likeness (QED) is 0.368. The first-order chi connectivity index (χ1) is 13.7. The van der Waals surface area contributed by atoms with E-state index >= 15 is 0 Å². The minimum Gasteiger partial charge on any atom is -0.337 e. The topological polar surface area (TPSA) is 35.1 Å². The molecule has 0 saturated heterocycles. The van der Waals surface area contributed by atoms with Crippen LogP contribution in [0.15, 0.2) is 77.6 Å². The smallest absolute Gasteiger partial charge is 0.190 e. The van der Waals surface area contributed by atoms with Crippen LogP contribution in [0, 0.1) is 0 Å². The lowest BCUT2D eigenvalue weighted by atomic mass is 10.2. The Morgan fingerprint density at radius 2 is 1.82 bits per heavy atom. The van der Waals surface area contributed by atoms with Crippen LogP contribution in [0.25, 0.3) is 11.3 Å². The van der Waals surface area contributed by atoms with Crippen LogP contribution in [0.4, 0.5) is 5.69 Å². The Morgan fingerprint density at radius 1 is 1.00 bits per heavy atom. The number of thiazole rings is 1. The molecular weight excluding hydrogens is 411 g/mol. The summed E-state index contributed by atoms with van der Waals surface area (Å²) < 4.78 is 4.33. The Morgan fingerprint density at radius 3 is 2.57 bits per heavy atom. The van der Waals surface area contributed by atoms with Crippen molar-refractivity contribution < 1.29 is 0 Å². The Hall–Kier alpha value is -2.34. The van der Waals surface area contributed by atoms with E-state index in [4.69, 9.17) is 28.2 Å². The first-order valence-corrected chi connectivity index (χ1v) is 10.5. The van der Waals surface area contributed by atoms with E-state index in [1.54, 1.807) is 17.5 Å². The molecule has 0 unspecified atom stereocenters. The van der Waals surface area contributed by atoms with E-state index in [9.17, 15) is 0 Å². The number of aromatic nitrogens is 3. The maximum absolute atomic E-state index is 6.32. The number of para-hydroxylation sites is 1. The number of aryl methyl sites for hydroxylation is 1. The summed E-state index contributed by atoms with van der Waals surface area (Å²) in [5.41, 5.74) is 3.01. The second-order valence-corrected chi connectivity index (χ2v) is 7.96. The summed E-state index contributed by atoms with van der Waals surface area (Å²) in [6, 6.07) is 15.5. The summed E-state index contributed by atoms with van der Waals surface area (Å²) in [5.74, 6) is 0. The Kier molecular flexibility index (Phi) is 5.95. The minimum atomic E-state index is 0.647. The van der Waals surface area contributed by atoms with Gasteiger partial charge in [-0.25, -0.2) is 9.98 Å². The highest BCUT2D eigenvalue weighted by Gasteiger charge is 2.09. The molecule has 28 heavy (non-hydrogen) atoms. The molecule has 4 aromatic rings. The zero-order valence-corrected chi connectivity index (χ0v) is 17.3. The van der Waals surface area contributed by atoms with E-state index < -0.39 is 0 Å². The third kappa shape index (κ3) is 4.38. The fraction of sp³-hybridized carbons (Fsp3) is 0.143. The van der Waals surface area contributed by atoms with E-state index in [0.717, 1.165) is 46.3 Å². The molecule has 0 aliphatic carbocycles. The average molecular weight is 429 g/mol. The molecule has 4 rings (SSSR count). The van der Waals surface area contributed by atoms with Gasteiger partial charge >= 0.3 is 0 Å². The van der Waals surface area contributed by atoms with Gasteiger partial charge in [0.1, 0.15) is 0 Å². The van der Waals surface area contributed by atoms with Gasteiger partial charge in [-0.3, -0.25) is 0 Å². The Balaban J connectivity index is 1.71. The fourth-order valence-corrected chi connectivity index (χ4v) is 4.21. The van der Waals surface area contributed by atoms with Crippen LogP contribution in [0.1, 0.15) is 6.42 Å². The number of hydrogen-bond acceptors (Lipinski definition) is 3. The molecule has 2 aromatic heterocycles. The van der Waals surface area contributed by atoms with Gasteiger partial charge in [-0.1, -0.05) is 47.5 Å². The normalized spacial score (nSPS) is 11.9. The third-order valence-electron chi connectivity index (χ3n) is 4.36. The molecule has 0 aliphatic rings. The molecule has 0 N–H and O–H groups in total. The molecule has 0 radical (unpaired) electrons. The summed E-state index contributed by atoms with van der Waals surface area (Å²) in [6.07, 6.45) is 6.58. The van der Waals surface area contributed by atoms with E-state index in [-0.39, 0.29) is 0 Å². The number of benzene rings is 2. The van der Waals surface area contributed by atoms with Gasteiger partial charge in [0, 0.05) is 35.9 Å². The molecule has 0 atom stereocenters. The van der Waals surface area contributed by atoms with E-state index in [1.165, 1.54) is 0 Å². The molecule has 2 aromatic carbocycles. The molecule has 142 valence electrons. The van der Waals surface area contributed by atoms with Crippen LogP contribution in [0.3, 0.4) is 0 Å². The van der Waals surface area contributed by atoms with Gasteiger partial charge in [-0.2, -0.15) is 0 Å².